The van der Waals surface area contributed by atoms with Gasteiger partial charge in [0.1, 0.15) is 0 Å². The second-order valence-electron chi connectivity index (χ2n) is 5.19. The molecule has 1 atom stereocenters. The molecule has 0 amide bonds. The second-order valence-corrected chi connectivity index (χ2v) is 5.19. The third-order valence-corrected chi connectivity index (χ3v) is 3.33. The Morgan fingerprint density at radius 3 is 2.00 bits per heavy atom. The molecule has 98 valence electrons. The Hall–Kier alpha value is -1.89. The van der Waals surface area contributed by atoms with E-state index in [0.717, 1.165) is 5.56 Å². The summed E-state index contributed by atoms with van der Waals surface area (Å²) in [4.78, 5) is 4.61. The maximum absolute atomic E-state index is 4.61. The van der Waals surface area contributed by atoms with Crippen LogP contribution in [0.3, 0.4) is 0 Å². The molecule has 19 heavy (non-hydrogen) atoms. The van der Waals surface area contributed by atoms with E-state index in [2.05, 4.69) is 74.3 Å². The largest absolute Gasteiger partial charge is 0.285 e. The Morgan fingerprint density at radius 2 is 1.42 bits per heavy atom. The summed E-state index contributed by atoms with van der Waals surface area (Å²) in [6.45, 7) is 6.54. The fourth-order valence-electron chi connectivity index (χ4n) is 1.98. The maximum Gasteiger partial charge on any atom is 0.0721 e. The summed E-state index contributed by atoms with van der Waals surface area (Å²) >= 11 is 0. The predicted octanol–water partition coefficient (Wildman–Crippen LogP) is 4.99. The van der Waals surface area contributed by atoms with E-state index in [1.165, 1.54) is 11.1 Å². The first kappa shape index (κ1) is 13.5. The average Bonchev–Trinajstić information content (AvgIpc) is 2.46. The molecule has 1 nitrogen and oxygen atoms in total. The first-order chi connectivity index (χ1) is 9.16. The Labute approximate surface area is 116 Å². The number of benzene rings is 2. The van der Waals surface area contributed by atoms with Gasteiger partial charge >= 0.3 is 0 Å². The molecule has 2 aromatic carbocycles. The molecule has 0 heterocycles. The maximum atomic E-state index is 4.61. The fraction of sp³-hybridized carbons (Fsp3) is 0.278. The molecule has 0 aliphatic heterocycles. The van der Waals surface area contributed by atoms with Crippen molar-refractivity contribution in [2.75, 3.05) is 0 Å². The van der Waals surface area contributed by atoms with Crippen molar-refractivity contribution < 1.29 is 0 Å². The van der Waals surface area contributed by atoms with Crippen LogP contribution in [0, 0.1) is 0 Å². The van der Waals surface area contributed by atoms with Gasteiger partial charge in [-0.25, -0.2) is 0 Å². The minimum atomic E-state index is 0.200. The van der Waals surface area contributed by atoms with Crippen molar-refractivity contribution in [1.82, 2.24) is 0 Å². The molecule has 0 aromatic heterocycles. The van der Waals surface area contributed by atoms with Crippen LogP contribution in [0.25, 0.3) is 0 Å². The third kappa shape index (κ3) is 3.78. The summed E-state index contributed by atoms with van der Waals surface area (Å²) in [7, 11) is 0. The molecule has 0 fully saturated rings. The van der Waals surface area contributed by atoms with Gasteiger partial charge in [0.25, 0.3) is 0 Å². The normalized spacial score (nSPS) is 13.1. The number of aliphatic imine (C=N–C) groups is 1. The predicted molar refractivity (Wildman–Crippen MR) is 83.0 cm³/mol. The summed E-state index contributed by atoms with van der Waals surface area (Å²) in [5.41, 5.74) is 3.78. The average molecular weight is 251 g/mol. The topological polar surface area (TPSA) is 12.4 Å². The molecule has 1 heteroatoms. The number of rotatable bonds is 4. The van der Waals surface area contributed by atoms with Crippen LogP contribution in [0.5, 0.6) is 0 Å². The molecule has 0 unspecified atom stereocenters. The van der Waals surface area contributed by atoms with Gasteiger partial charge in [-0.15, -0.1) is 0 Å². The van der Waals surface area contributed by atoms with Crippen molar-refractivity contribution >= 4 is 6.21 Å². The van der Waals surface area contributed by atoms with Crippen molar-refractivity contribution in [2.45, 2.75) is 32.7 Å². The molecule has 0 N–H and O–H groups in total. The first-order valence-corrected chi connectivity index (χ1v) is 6.85. The highest BCUT2D eigenvalue weighted by molar-refractivity contribution is 5.79. The van der Waals surface area contributed by atoms with E-state index in [9.17, 15) is 0 Å². The van der Waals surface area contributed by atoms with Gasteiger partial charge in [0, 0.05) is 6.21 Å². The van der Waals surface area contributed by atoms with E-state index < -0.39 is 0 Å². The highest BCUT2D eigenvalue weighted by Gasteiger charge is 2.01. The van der Waals surface area contributed by atoms with Crippen LogP contribution in [0.15, 0.2) is 59.6 Å². The summed E-state index contributed by atoms with van der Waals surface area (Å²) in [5.74, 6) is 0.578. The second kappa shape index (κ2) is 6.33. The monoisotopic (exact) mass is 251 g/mol. The lowest BCUT2D eigenvalue weighted by molar-refractivity contribution is 0.825. The third-order valence-electron chi connectivity index (χ3n) is 3.33. The summed E-state index contributed by atoms with van der Waals surface area (Å²) in [5, 5.41) is 0. The van der Waals surface area contributed by atoms with Gasteiger partial charge < -0.3 is 0 Å². The van der Waals surface area contributed by atoms with Gasteiger partial charge in [0.05, 0.1) is 6.04 Å². The van der Waals surface area contributed by atoms with Crippen molar-refractivity contribution in [1.29, 1.82) is 0 Å². The molecule has 2 rings (SSSR count). The zero-order valence-corrected chi connectivity index (χ0v) is 11.9. The van der Waals surface area contributed by atoms with Gasteiger partial charge in [0.2, 0.25) is 0 Å². The van der Waals surface area contributed by atoms with Crippen LogP contribution >= 0.6 is 0 Å². The van der Waals surface area contributed by atoms with Gasteiger partial charge in [-0.05, 0) is 29.5 Å². The Morgan fingerprint density at radius 1 is 0.789 bits per heavy atom. The molecule has 0 radical (unpaired) electrons. The molecular formula is C18H21N. The Balaban J connectivity index is 2.06. The standard InChI is InChI=1S/C18H21N/c1-14(2)17-11-9-16(10-12-17)13-19-15(3)18-7-5-4-6-8-18/h4-15H,1-3H3/t15-/m0/s1. The molecule has 0 saturated heterocycles. The van der Waals surface area contributed by atoms with Crippen molar-refractivity contribution in [3.63, 3.8) is 0 Å². The van der Waals surface area contributed by atoms with Crippen LogP contribution in [-0.2, 0) is 0 Å². The SMILES string of the molecule is CC(C)c1ccc(C=N[C@@H](C)c2ccccc2)cc1. The molecule has 0 spiro atoms. The van der Waals surface area contributed by atoms with Crippen LogP contribution in [0.2, 0.25) is 0 Å². The zero-order chi connectivity index (χ0) is 13.7. The van der Waals surface area contributed by atoms with Crippen LogP contribution < -0.4 is 0 Å². The van der Waals surface area contributed by atoms with Gasteiger partial charge in [-0.2, -0.15) is 0 Å². The lowest BCUT2D eigenvalue weighted by Crippen LogP contribution is -1.92. The minimum Gasteiger partial charge on any atom is -0.285 e. The molecule has 0 bridgehead atoms. The quantitative estimate of drug-likeness (QED) is 0.679. The van der Waals surface area contributed by atoms with E-state index in [4.69, 9.17) is 0 Å². The lowest BCUT2D eigenvalue weighted by Gasteiger charge is -2.07. The van der Waals surface area contributed by atoms with Gasteiger partial charge in [-0.3, -0.25) is 4.99 Å². The summed E-state index contributed by atoms with van der Waals surface area (Å²) in [6, 6.07) is 19.2. The molecule has 0 saturated carbocycles. The first-order valence-electron chi connectivity index (χ1n) is 6.85. The molecule has 0 aliphatic rings. The minimum absolute atomic E-state index is 0.200. The van der Waals surface area contributed by atoms with E-state index in [0.29, 0.717) is 5.92 Å². The van der Waals surface area contributed by atoms with Crippen LogP contribution in [-0.4, -0.2) is 6.21 Å². The number of hydrogen-bond donors (Lipinski definition) is 0. The molecular weight excluding hydrogens is 230 g/mol. The highest BCUT2D eigenvalue weighted by Crippen LogP contribution is 2.17. The number of hydrogen-bond acceptors (Lipinski definition) is 1. The van der Waals surface area contributed by atoms with Crippen molar-refractivity contribution in [3.05, 3.63) is 71.3 Å². The summed E-state index contributed by atoms with van der Waals surface area (Å²) in [6.07, 6.45) is 1.96. The smallest absolute Gasteiger partial charge is 0.0721 e. The van der Waals surface area contributed by atoms with Crippen LogP contribution in [0.1, 0.15) is 49.4 Å². The highest BCUT2D eigenvalue weighted by atomic mass is 14.8. The van der Waals surface area contributed by atoms with Crippen LogP contribution in [0.4, 0.5) is 0 Å². The zero-order valence-electron chi connectivity index (χ0n) is 11.9. The van der Waals surface area contributed by atoms with Crippen molar-refractivity contribution in [2.24, 2.45) is 4.99 Å². The van der Waals surface area contributed by atoms with Gasteiger partial charge in [-0.1, -0.05) is 68.4 Å². The molecule has 0 aliphatic carbocycles. The van der Waals surface area contributed by atoms with E-state index in [1.54, 1.807) is 0 Å². The van der Waals surface area contributed by atoms with E-state index in [1.807, 2.05) is 12.3 Å². The lowest BCUT2D eigenvalue weighted by atomic mass is 10.0. The molecule has 2 aromatic rings. The fourth-order valence-corrected chi connectivity index (χ4v) is 1.98. The van der Waals surface area contributed by atoms with Crippen molar-refractivity contribution in [3.8, 4) is 0 Å². The Bertz CT molecular complexity index is 523. The summed E-state index contributed by atoms with van der Waals surface area (Å²) < 4.78 is 0. The number of nitrogens with zero attached hydrogens (tertiary/aromatic N) is 1. The van der Waals surface area contributed by atoms with Gasteiger partial charge in [0.15, 0.2) is 0 Å². The van der Waals surface area contributed by atoms with E-state index in [-0.39, 0.29) is 6.04 Å². The Kier molecular flexibility index (Phi) is 4.51. The van der Waals surface area contributed by atoms with E-state index >= 15 is 0 Å².